The van der Waals surface area contributed by atoms with E-state index in [1.54, 1.807) is 17.4 Å². The average Bonchev–Trinajstić information content (AvgIpc) is 3.53. The van der Waals surface area contributed by atoms with Crippen LogP contribution < -0.4 is 4.18 Å². The fraction of sp³-hybridized carbons (Fsp3) is 0.333. The second-order valence-electron chi connectivity index (χ2n) is 8.74. The van der Waals surface area contributed by atoms with Crippen LogP contribution in [0, 0.1) is 0 Å². The lowest BCUT2D eigenvalue weighted by atomic mass is 10.1. The fourth-order valence-corrected chi connectivity index (χ4v) is 6.28. The molecule has 0 saturated carbocycles. The van der Waals surface area contributed by atoms with Gasteiger partial charge >= 0.3 is 15.6 Å². The van der Waals surface area contributed by atoms with Crippen LogP contribution in [-0.4, -0.2) is 23.9 Å². The highest BCUT2D eigenvalue weighted by molar-refractivity contribution is 7.87. The van der Waals surface area contributed by atoms with Crippen molar-refractivity contribution in [2.24, 2.45) is 0 Å². The van der Waals surface area contributed by atoms with E-state index in [1.165, 1.54) is 23.0 Å². The van der Waals surface area contributed by atoms with Gasteiger partial charge in [0.1, 0.15) is 0 Å². The molecule has 0 aromatic carbocycles. The summed E-state index contributed by atoms with van der Waals surface area (Å²) in [7, 11) is -5.81. The predicted octanol–water partition coefficient (Wildman–Crippen LogP) is 8.51. The highest BCUT2D eigenvalue weighted by atomic mass is 32.2. The van der Waals surface area contributed by atoms with Crippen LogP contribution in [-0.2, 0) is 23.0 Å². The van der Waals surface area contributed by atoms with Crippen LogP contribution in [0.15, 0.2) is 53.9 Å². The Labute approximate surface area is 228 Å². The second kappa shape index (κ2) is 12.0. The molecule has 11 heteroatoms. The minimum absolute atomic E-state index is 0.323. The molecular weight excluding hydrogens is 554 g/mol. The molecule has 0 bridgehead atoms. The number of aromatic nitrogens is 2. The van der Waals surface area contributed by atoms with Crippen molar-refractivity contribution in [3.05, 3.63) is 65.0 Å². The largest absolute Gasteiger partial charge is 0.534 e. The second-order valence-corrected chi connectivity index (χ2v) is 12.2. The maximum Gasteiger partial charge on any atom is 0.534 e. The third-order valence-electron chi connectivity index (χ3n) is 5.77. The number of unbranched alkanes of at least 4 members (excludes halogenated alkanes) is 2. The first-order valence-corrected chi connectivity index (χ1v) is 15.4. The minimum atomic E-state index is -5.81. The zero-order chi connectivity index (χ0) is 27.3. The third kappa shape index (κ3) is 6.62. The number of hydrogen-bond donors (Lipinski definition) is 0. The van der Waals surface area contributed by atoms with Gasteiger partial charge in [0.05, 0.1) is 31.7 Å². The standard InChI is InChI=1S/C27H27F3N2O3S3/c1-3-5-9-18-15-23(36-17-18)20-11-7-13-22(31-20)26-19(10-6-4-2)16-24(37-26)21-12-8-14-25(32-21)35-38(33,34)27(28,29)30/h7-8,11-17H,3-6,9-10H2,1-2H3. The van der Waals surface area contributed by atoms with Crippen molar-refractivity contribution in [2.75, 3.05) is 0 Å². The first-order valence-electron chi connectivity index (χ1n) is 12.3. The van der Waals surface area contributed by atoms with Gasteiger partial charge < -0.3 is 4.18 Å². The van der Waals surface area contributed by atoms with E-state index >= 15 is 0 Å². The van der Waals surface area contributed by atoms with Crippen molar-refractivity contribution in [3.8, 4) is 37.6 Å². The molecule has 0 saturated heterocycles. The number of thiophene rings is 2. The van der Waals surface area contributed by atoms with Crippen molar-refractivity contribution in [1.82, 2.24) is 9.97 Å². The van der Waals surface area contributed by atoms with Gasteiger partial charge in [0.25, 0.3) is 0 Å². The number of pyridine rings is 2. The van der Waals surface area contributed by atoms with E-state index in [-0.39, 0.29) is 0 Å². The molecule has 0 atom stereocenters. The summed E-state index contributed by atoms with van der Waals surface area (Å²) in [6, 6.07) is 14.2. The van der Waals surface area contributed by atoms with Crippen LogP contribution in [0.1, 0.15) is 50.7 Å². The average molecular weight is 581 g/mol. The Morgan fingerprint density at radius 1 is 0.868 bits per heavy atom. The van der Waals surface area contributed by atoms with Crippen LogP contribution >= 0.6 is 22.7 Å². The Kier molecular flexibility index (Phi) is 8.89. The molecule has 0 unspecified atom stereocenters. The molecule has 4 rings (SSSR count). The van der Waals surface area contributed by atoms with Crippen LogP contribution in [0.5, 0.6) is 5.88 Å². The molecular formula is C27H27F3N2O3S3. The van der Waals surface area contributed by atoms with Gasteiger partial charge in [-0.25, -0.2) is 9.97 Å². The normalized spacial score (nSPS) is 12.1. The van der Waals surface area contributed by atoms with E-state index < -0.39 is 21.5 Å². The van der Waals surface area contributed by atoms with E-state index in [9.17, 15) is 21.6 Å². The lowest BCUT2D eigenvalue weighted by Crippen LogP contribution is -2.28. The molecule has 0 radical (unpaired) electrons. The smallest absolute Gasteiger partial charge is 0.355 e. The zero-order valence-corrected chi connectivity index (χ0v) is 23.4. The number of halogens is 3. The van der Waals surface area contributed by atoms with Crippen molar-refractivity contribution in [3.63, 3.8) is 0 Å². The quantitative estimate of drug-likeness (QED) is 0.131. The monoisotopic (exact) mass is 580 g/mol. The Morgan fingerprint density at radius 2 is 1.53 bits per heavy atom. The van der Waals surface area contributed by atoms with Gasteiger partial charge in [0.15, 0.2) is 0 Å². The van der Waals surface area contributed by atoms with E-state index in [2.05, 4.69) is 34.5 Å². The van der Waals surface area contributed by atoms with Gasteiger partial charge in [-0.2, -0.15) is 21.6 Å². The third-order valence-corrected chi connectivity index (χ3v) is 8.95. The first kappa shape index (κ1) is 28.3. The summed E-state index contributed by atoms with van der Waals surface area (Å²) in [5.74, 6) is -0.637. The van der Waals surface area contributed by atoms with Gasteiger partial charge in [-0.15, -0.1) is 22.7 Å². The number of hydrogen-bond acceptors (Lipinski definition) is 7. The number of alkyl halides is 3. The van der Waals surface area contributed by atoms with Crippen LogP contribution in [0.2, 0.25) is 0 Å². The van der Waals surface area contributed by atoms with Crippen molar-refractivity contribution in [1.29, 1.82) is 0 Å². The SMILES string of the molecule is CCCCc1csc(-c2cccc(-c3sc(-c4cccc(OS(=O)(=O)C(F)(F)F)n4)cc3CCCC)n2)c1. The van der Waals surface area contributed by atoms with Crippen molar-refractivity contribution >= 4 is 32.8 Å². The molecule has 4 heterocycles. The van der Waals surface area contributed by atoms with Gasteiger partial charge in [-0.1, -0.05) is 38.8 Å². The van der Waals surface area contributed by atoms with Crippen molar-refractivity contribution < 1.29 is 25.8 Å². The number of nitrogens with zero attached hydrogens (tertiary/aromatic N) is 2. The summed E-state index contributed by atoms with van der Waals surface area (Å²) in [6.07, 6.45) is 6.07. The predicted molar refractivity (Wildman–Crippen MR) is 147 cm³/mol. The van der Waals surface area contributed by atoms with Gasteiger partial charge in [-0.05, 0) is 72.5 Å². The van der Waals surface area contributed by atoms with E-state index in [0.29, 0.717) is 10.6 Å². The van der Waals surface area contributed by atoms with Crippen LogP contribution in [0.25, 0.3) is 31.7 Å². The fourth-order valence-electron chi connectivity index (χ4n) is 3.80. The summed E-state index contributed by atoms with van der Waals surface area (Å²) in [5, 5.41) is 2.18. The molecule has 0 aliphatic carbocycles. The summed E-state index contributed by atoms with van der Waals surface area (Å²) in [5.41, 5.74) is -1.16. The van der Waals surface area contributed by atoms with Crippen LogP contribution in [0.3, 0.4) is 0 Å². The van der Waals surface area contributed by atoms with Gasteiger partial charge in [0, 0.05) is 6.07 Å². The molecule has 0 N–H and O–H groups in total. The first-order chi connectivity index (χ1) is 18.1. The minimum Gasteiger partial charge on any atom is -0.355 e. The van der Waals surface area contributed by atoms with Gasteiger partial charge in [0.2, 0.25) is 5.88 Å². The molecule has 5 nitrogen and oxygen atoms in total. The highest BCUT2D eigenvalue weighted by Gasteiger charge is 2.48. The Bertz CT molecular complexity index is 1490. The van der Waals surface area contributed by atoms with E-state index in [1.807, 2.05) is 24.3 Å². The molecule has 4 aromatic rings. The molecule has 4 aromatic heterocycles. The van der Waals surface area contributed by atoms with Crippen LogP contribution in [0.4, 0.5) is 13.2 Å². The molecule has 202 valence electrons. The lowest BCUT2D eigenvalue weighted by molar-refractivity contribution is -0.0501. The Morgan fingerprint density at radius 3 is 2.24 bits per heavy atom. The molecule has 0 amide bonds. The summed E-state index contributed by atoms with van der Waals surface area (Å²) >= 11 is 3.09. The molecule has 0 spiro atoms. The zero-order valence-electron chi connectivity index (χ0n) is 20.9. The molecule has 0 fully saturated rings. The topological polar surface area (TPSA) is 69.2 Å². The number of aryl methyl sites for hydroxylation is 2. The maximum absolute atomic E-state index is 12.8. The van der Waals surface area contributed by atoms with E-state index in [4.69, 9.17) is 4.98 Å². The van der Waals surface area contributed by atoms with Gasteiger partial charge in [-0.3, -0.25) is 0 Å². The summed E-state index contributed by atoms with van der Waals surface area (Å²) in [6.45, 7) is 4.27. The Hall–Kier alpha value is -2.76. The maximum atomic E-state index is 12.8. The molecule has 0 aliphatic rings. The molecule has 38 heavy (non-hydrogen) atoms. The number of rotatable bonds is 11. The molecule has 0 aliphatic heterocycles. The van der Waals surface area contributed by atoms with Crippen molar-refractivity contribution in [2.45, 2.75) is 57.9 Å². The lowest BCUT2D eigenvalue weighted by Gasteiger charge is -2.09. The van der Waals surface area contributed by atoms with E-state index in [0.717, 1.165) is 71.3 Å². The Balaban J connectivity index is 1.68. The summed E-state index contributed by atoms with van der Waals surface area (Å²) in [4.78, 5) is 11.7. The highest BCUT2D eigenvalue weighted by Crippen LogP contribution is 2.39. The summed E-state index contributed by atoms with van der Waals surface area (Å²) < 4.78 is 65.4.